The van der Waals surface area contributed by atoms with Crippen molar-refractivity contribution >= 4 is 5.97 Å². The van der Waals surface area contributed by atoms with Crippen LogP contribution in [0.1, 0.15) is 162 Å². The molecule has 0 rings (SSSR count). The molecule has 0 spiro atoms. The van der Waals surface area contributed by atoms with Gasteiger partial charge in [0.1, 0.15) is 0 Å². The molecule has 0 saturated heterocycles. The summed E-state index contributed by atoms with van der Waals surface area (Å²) in [7, 11) is 0. The third-order valence-electron chi connectivity index (χ3n) is 6.29. The van der Waals surface area contributed by atoms with Gasteiger partial charge in [0.05, 0.1) is 6.61 Å². The third kappa shape index (κ3) is 23.7. The van der Waals surface area contributed by atoms with E-state index >= 15 is 0 Å². The van der Waals surface area contributed by atoms with E-state index in [2.05, 4.69) is 20.8 Å². The molecule has 30 heavy (non-hydrogen) atoms. The number of carbonyl (C=O) groups excluding carboxylic acids is 1. The number of rotatable bonds is 24. The van der Waals surface area contributed by atoms with Crippen molar-refractivity contribution < 1.29 is 9.53 Å². The van der Waals surface area contributed by atoms with Crippen molar-refractivity contribution in [2.45, 2.75) is 162 Å². The minimum Gasteiger partial charge on any atom is -0.465 e. The first-order chi connectivity index (χ1) is 14.7. The highest BCUT2D eigenvalue weighted by Gasteiger charge is 2.06. The molecule has 0 aromatic heterocycles. The van der Waals surface area contributed by atoms with Crippen molar-refractivity contribution in [2.75, 3.05) is 6.61 Å². The summed E-state index contributed by atoms with van der Waals surface area (Å²) in [5.41, 5.74) is 0. The standard InChI is InChI=1S/C28H56O2/c1-4-6-7-8-9-10-11-12-13-14-15-16-17-18-19-20-21-22-23-25-28(29)30-26-27(3)24-5-2/h27H,4-26H2,1-3H3. The van der Waals surface area contributed by atoms with Gasteiger partial charge in [-0.2, -0.15) is 0 Å². The Kier molecular flexibility index (Phi) is 24.3. The van der Waals surface area contributed by atoms with E-state index in [-0.39, 0.29) is 5.97 Å². The van der Waals surface area contributed by atoms with Crippen LogP contribution in [0.15, 0.2) is 0 Å². The lowest BCUT2D eigenvalue weighted by molar-refractivity contribution is -0.145. The first kappa shape index (κ1) is 29.5. The molecule has 0 fully saturated rings. The molecule has 0 aromatic carbocycles. The summed E-state index contributed by atoms with van der Waals surface area (Å²) >= 11 is 0. The van der Waals surface area contributed by atoms with Crippen molar-refractivity contribution in [3.05, 3.63) is 0 Å². The number of hydrogen-bond acceptors (Lipinski definition) is 2. The summed E-state index contributed by atoms with van der Waals surface area (Å²) in [5.74, 6) is 0.508. The highest BCUT2D eigenvalue weighted by molar-refractivity contribution is 5.69. The number of carbonyl (C=O) groups is 1. The molecule has 0 heterocycles. The summed E-state index contributed by atoms with van der Waals surface area (Å²) in [6.45, 7) is 7.23. The van der Waals surface area contributed by atoms with E-state index in [9.17, 15) is 4.79 Å². The van der Waals surface area contributed by atoms with Gasteiger partial charge in [-0.1, -0.05) is 143 Å². The molecule has 0 saturated carbocycles. The van der Waals surface area contributed by atoms with E-state index in [0.29, 0.717) is 18.9 Å². The van der Waals surface area contributed by atoms with Gasteiger partial charge in [0.25, 0.3) is 0 Å². The summed E-state index contributed by atoms with van der Waals surface area (Å²) in [6.07, 6.45) is 29.2. The highest BCUT2D eigenvalue weighted by atomic mass is 16.5. The lowest BCUT2D eigenvalue weighted by atomic mass is 10.0. The van der Waals surface area contributed by atoms with Gasteiger partial charge in [-0.25, -0.2) is 0 Å². The van der Waals surface area contributed by atoms with Gasteiger partial charge in [-0.05, 0) is 18.8 Å². The summed E-state index contributed by atoms with van der Waals surface area (Å²) in [4.78, 5) is 11.7. The number of esters is 1. The average molecular weight is 425 g/mol. The molecule has 0 aliphatic heterocycles. The topological polar surface area (TPSA) is 26.3 Å². The minimum atomic E-state index is 0.00456. The fourth-order valence-electron chi connectivity index (χ4n) is 4.23. The van der Waals surface area contributed by atoms with Gasteiger partial charge in [0.2, 0.25) is 0 Å². The zero-order chi connectivity index (χ0) is 22.1. The largest absolute Gasteiger partial charge is 0.465 e. The van der Waals surface area contributed by atoms with Crippen LogP contribution in [0.5, 0.6) is 0 Å². The van der Waals surface area contributed by atoms with Crippen LogP contribution in [0.25, 0.3) is 0 Å². The van der Waals surface area contributed by atoms with Gasteiger partial charge in [0, 0.05) is 6.42 Å². The van der Waals surface area contributed by atoms with Crippen LogP contribution in [-0.4, -0.2) is 12.6 Å². The summed E-state index contributed by atoms with van der Waals surface area (Å²) < 4.78 is 5.35. The van der Waals surface area contributed by atoms with Crippen LogP contribution < -0.4 is 0 Å². The van der Waals surface area contributed by atoms with Gasteiger partial charge < -0.3 is 4.74 Å². The number of unbranched alkanes of at least 4 members (excludes halogenated alkanes) is 18. The maximum atomic E-state index is 11.7. The molecule has 0 amide bonds. The van der Waals surface area contributed by atoms with Gasteiger partial charge in [-0.3, -0.25) is 4.79 Å². The molecule has 0 bridgehead atoms. The molecule has 0 N–H and O–H groups in total. The molecule has 1 atom stereocenters. The lowest BCUT2D eigenvalue weighted by Crippen LogP contribution is -2.11. The lowest BCUT2D eigenvalue weighted by Gasteiger charge is -2.10. The van der Waals surface area contributed by atoms with Crippen LogP contribution in [0.3, 0.4) is 0 Å². The first-order valence-electron chi connectivity index (χ1n) is 13.9. The van der Waals surface area contributed by atoms with E-state index in [4.69, 9.17) is 4.74 Å². The van der Waals surface area contributed by atoms with Crippen molar-refractivity contribution in [2.24, 2.45) is 5.92 Å². The second-order valence-corrected chi connectivity index (χ2v) is 9.69. The van der Waals surface area contributed by atoms with E-state index in [1.54, 1.807) is 0 Å². The Morgan fingerprint density at radius 1 is 0.567 bits per heavy atom. The first-order valence-corrected chi connectivity index (χ1v) is 13.9. The van der Waals surface area contributed by atoms with E-state index in [1.165, 1.54) is 116 Å². The maximum absolute atomic E-state index is 11.7. The fraction of sp³-hybridized carbons (Fsp3) is 0.964. The second kappa shape index (κ2) is 24.7. The number of hydrogen-bond donors (Lipinski definition) is 0. The molecular formula is C28H56O2. The molecule has 180 valence electrons. The van der Waals surface area contributed by atoms with E-state index in [1.807, 2.05) is 0 Å². The minimum absolute atomic E-state index is 0.00456. The average Bonchev–Trinajstić information content (AvgIpc) is 2.74. The summed E-state index contributed by atoms with van der Waals surface area (Å²) in [5, 5.41) is 0. The zero-order valence-electron chi connectivity index (χ0n) is 21.2. The molecular weight excluding hydrogens is 368 g/mol. The van der Waals surface area contributed by atoms with Crippen molar-refractivity contribution in [1.29, 1.82) is 0 Å². The van der Waals surface area contributed by atoms with Gasteiger partial charge >= 0.3 is 5.97 Å². The Morgan fingerprint density at radius 3 is 1.30 bits per heavy atom. The van der Waals surface area contributed by atoms with Crippen molar-refractivity contribution in [1.82, 2.24) is 0 Å². The van der Waals surface area contributed by atoms with Crippen LogP contribution in [0, 0.1) is 5.92 Å². The Balaban J connectivity index is 3.13. The third-order valence-corrected chi connectivity index (χ3v) is 6.29. The SMILES string of the molecule is CCCCCCCCCCCCCCCCCCCCCC(=O)OCC(C)CCC. The molecule has 2 nitrogen and oxygen atoms in total. The Bertz CT molecular complexity index is 340. The van der Waals surface area contributed by atoms with Crippen LogP contribution in [0.2, 0.25) is 0 Å². The molecule has 1 unspecified atom stereocenters. The highest BCUT2D eigenvalue weighted by Crippen LogP contribution is 2.15. The van der Waals surface area contributed by atoms with E-state index < -0.39 is 0 Å². The van der Waals surface area contributed by atoms with Crippen molar-refractivity contribution in [3.63, 3.8) is 0 Å². The summed E-state index contributed by atoms with van der Waals surface area (Å²) in [6, 6.07) is 0. The van der Waals surface area contributed by atoms with E-state index in [0.717, 1.165) is 19.3 Å². The molecule has 0 aliphatic carbocycles. The second-order valence-electron chi connectivity index (χ2n) is 9.69. The molecule has 2 heteroatoms. The molecule has 0 radical (unpaired) electrons. The zero-order valence-corrected chi connectivity index (χ0v) is 21.2. The Morgan fingerprint density at radius 2 is 0.933 bits per heavy atom. The smallest absolute Gasteiger partial charge is 0.305 e. The quantitative estimate of drug-likeness (QED) is 0.114. The van der Waals surface area contributed by atoms with Gasteiger partial charge in [-0.15, -0.1) is 0 Å². The fourth-order valence-corrected chi connectivity index (χ4v) is 4.23. The predicted octanol–water partition coefficient (Wildman–Crippen LogP) is 9.79. The normalized spacial score (nSPS) is 12.2. The van der Waals surface area contributed by atoms with Gasteiger partial charge in [0.15, 0.2) is 0 Å². The Hall–Kier alpha value is -0.530. The predicted molar refractivity (Wildman–Crippen MR) is 133 cm³/mol. The molecule has 0 aromatic rings. The van der Waals surface area contributed by atoms with Crippen LogP contribution in [0.4, 0.5) is 0 Å². The molecule has 0 aliphatic rings. The maximum Gasteiger partial charge on any atom is 0.305 e. The van der Waals surface area contributed by atoms with Crippen LogP contribution >= 0.6 is 0 Å². The number of ether oxygens (including phenoxy) is 1. The Labute approximate surface area is 190 Å². The van der Waals surface area contributed by atoms with Crippen molar-refractivity contribution in [3.8, 4) is 0 Å². The van der Waals surface area contributed by atoms with Crippen LogP contribution in [-0.2, 0) is 9.53 Å². The monoisotopic (exact) mass is 424 g/mol.